The van der Waals surface area contributed by atoms with Crippen LogP contribution >= 0.6 is 0 Å². The molecule has 0 spiro atoms. The van der Waals surface area contributed by atoms with Gasteiger partial charge >= 0.3 is 12.1 Å². The third-order valence-corrected chi connectivity index (χ3v) is 2.81. The molecule has 0 bridgehead atoms. The van der Waals surface area contributed by atoms with Crippen LogP contribution in [0.25, 0.3) is 12.2 Å². The molecule has 0 saturated heterocycles. The van der Waals surface area contributed by atoms with E-state index < -0.39 is 17.0 Å². The van der Waals surface area contributed by atoms with Gasteiger partial charge in [-0.1, -0.05) is 24.3 Å². The lowest BCUT2D eigenvalue weighted by Crippen LogP contribution is -1.90. The molecule has 0 aromatic heterocycles. The van der Waals surface area contributed by atoms with Gasteiger partial charge in [-0.25, -0.2) is 0 Å². The Morgan fingerprint density at radius 3 is 1.83 bits per heavy atom. The van der Waals surface area contributed by atoms with Crippen molar-refractivity contribution in [3.8, 4) is 5.75 Å². The fourth-order valence-corrected chi connectivity index (χ4v) is 1.69. The summed E-state index contributed by atoms with van der Waals surface area (Å²) >= 11 is 0. The zero-order valence-corrected chi connectivity index (χ0v) is 11.6. The van der Waals surface area contributed by atoms with E-state index in [1.165, 1.54) is 24.3 Å². The fourth-order valence-electron chi connectivity index (χ4n) is 1.69. The van der Waals surface area contributed by atoms with Gasteiger partial charge in [0.2, 0.25) is 0 Å². The molecule has 118 valence electrons. The number of non-ortho nitro benzene ring substituents is 1. The van der Waals surface area contributed by atoms with E-state index in [2.05, 4.69) is 4.74 Å². The molecule has 0 aliphatic rings. The van der Waals surface area contributed by atoms with Crippen LogP contribution in [0.5, 0.6) is 5.75 Å². The summed E-state index contributed by atoms with van der Waals surface area (Å²) in [6.45, 7) is 0. The lowest BCUT2D eigenvalue weighted by atomic mass is 10.1. The molecule has 0 aliphatic carbocycles. The zero-order chi connectivity index (χ0) is 16.8. The Labute approximate surface area is 129 Å². The van der Waals surface area contributed by atoms with Crippen LogP contribution in [0.1, 0.15) is 11.1 Å². The van der Waals surface area contributed by atoms with Crippen LogP contribution in [0.4, 0.5) is 18.9 Å². The molecule has 0 N–H and O–H groups in total. The molecule has 0 amide bonds. The first kappa shape index (κ1) is 16.3. The van der Waals surface area contributed by atoms with Crippen LogP contribution in [0, 0.1) is 10.1 Å². The highest BCUT2D eigenvalue weighted by Crippen LogP contribution is 2.20. The summed E-state index contributed by atoms with van der Waals surface area (Å²) in [5.41, 5.74) is 1.48. The fraction of sp³-hybridized carbons (Fsp3) is 0. The smallest absolute Gasteiger partial charge is 0.344 e. The van der Waals surface area contributed by atoms with Gasteiger partial charge in [0.15, 0.2) is 0 Å². The number of ether oxygens (including phenoxy) is 1. The Morgan fingerprint density at radius 2 is 1.39 bits per heavy atom. The molecule has 0 heterocycles. The first-order valence-electron chi connectivity index (χ1n) is 6.37. The molecular formula is C16H10F3NO3. The molecule has 2 aromatic carbocycles. The predicted molar refractivity (Wildman–Crippen MR) is 79.4 cm³/mol. The van der Waals surface area contributed by atoms with E-state index in [1.54, 1.807) is 36.4 Å². The van der Waals surface area contributed by atoms with Gasteiger partial charge in [0.1, 0.15) is 5.75 Å². The van der Waals surface area contributed by atoms with Crippen molar-refractivity contribution in [3.05, 3.63) is 81.9 Å². The van der Waals surface area contributed by atoms with Crippen molar-refractivity contribution in [1.82, 2.24) is 0 Å². The van der Waals surface area contributed by atoms with Crippen LogP contribution in [0.2, 0.25) is 0 Å². The predicted octanol–water partition coefficient (Wildman–Crippen LogP) is 5.18. The van der Waals surface area contributed by atoms with E-state index >= 15 is 0 Å². The van der Waals surface area contributed by atoms with Crippen molar-refractivity contribution in [2.24, 2.45) is 0 Å². The van der Waals surface area contributed by atoms with Crippen LogP contribution in [-0.2, 0) is 0 Å². The average Bonchev–Trinajstić information content (AvgIpc) is 2.54. The standard InChI is InChI=1S/C16H10F3NO3/c17-15(18)16(19)23-14-9-5-12(6-10-14)2-1-11-3-7-13(8-4-11)20(21)22/h1-10H. The number of nitro groups is 1. The van der Waals surface area contributed by atoms with Crippen LogP contribution in [0.15, 0.2) is 60.6 Å². The summed E-state index contributed by atoms with van der Waals surface area (Å²) in [5.74, 6) is -0.0530. The minimum absolute atomic E-state index is 0.00109. The lowest BCUT2D eigenvalue weighted by Gasteiger charge is -2.02. The van der Waals surface area contributed by atoms with Crippen LogP contribution < -0.4 is 4.74 Å². The van der Waals surface area contributed by atoms with Gasteiger partial charge in [0, 0.05) is 12.1 Å². The largest absolute Gasteiger partial charge is 0.428 e. The van der Waals surface area contributed by atoms with Crippen molar-refractivity contribution in [1.29, 1.82) is 0 Å². The van der Waals surface area contributed by atoms with Gasteiger partial charge in [0.25, 0.3) is 5.69 Å². The van der Waals surface area contributed by atoms with Crippen LogP contribution in [0.3, 0.4) is 0 Å². The van der Waals surface area contributed by atoms with Gasteiger partial charge in [-0.15, -0.1) is 0 Å². The summed E-state index contributed by atoms with van der Waals surface area (Å²) < 4.78 is 40.7. The number of benzene rings is 2. The number of hydrogen-bond donors (Lipinski definition) is 0. The second kappa shape index (κ2) is 7.26. The van der Waals surface area contributed by atoms with E-state index in [4.69, 9.17) is 0 Å². The van der Waals surface area contributed by atoms with Gasteiger partial charge in [-0.05, 0) is 35.4 Å². The van der Waals surface area contributed by atoms with Gasteiger partial charge in [-0.3, -0.25) is 10.1 Å². The quantitative estimate of drug-likeness (QED) is 0.330. The highest BCUT2D eigenvalue weighted by molar-refractivity contribution is 5.70. The van der Waals surface area contributed by atoms with Crippen molar-refractivity contribution < 1.29 is 22.8 Å². The Bertz CT molecular complexity index is 749. The van der Waals surface area contributed by atoms with Crippen molar-refractivity contribution in [3.63, 3.8) is 0 Å². The highest BCUT2D eigenvalue weighted by Gasteiger charge is 2.07. The maximum atomic E-state index is 12.6. The summed E-state index contributed by atoms with van der Waals surface area (Å²) in [6, 6.07) is 9.83. The summed E-state index contributed by atoms with van der Waals surface area (Å²) in [7, 11) is 0. The summed E-state index contributed by atoms with van der Waals surface area (Å²) in [5, 5.41) is 10.5. The van der Waals surface area contributed by atoms with Gasteiger partial charge in [0.05, 0.1) is 4.92 Å². The zero-order valence-electron chi connectivity index (χ0n) is 11.6. The van der Waals surface area contributed by atoms with E-state index in [0.29, 0.717) is 0 Å². The molecule has 0 unspecified atom stereocenters. The summed E-state index contributed by atoms with van der Waals surface area (Å²) in [4.78, 5) is 10.1. The van der Waals surface area contributed by atoms with E-state index in [0.717, 1.165) is 11.1 Å². The normalized spacial score (nSPS) is 10.6. The number of hydrogen-bond acceptors (Lipinski definition) is 3. The molecule has 2 aromatic rings. The monoisotopic (exact) mass is 321 g/mol. The Morgan fingerprint density at radius 1 is 0.913 bits per heavy atom. The topological polar surface area (TPSA) is 52.4 Å². The SMILES string of the molecule is O=[N+]([O-])c1ccc(C=Cc2ccc(OC(F)=C(F)F)cc2)cc1. The van der Waals surface area contributed by atoms with Gasteiger partial charge in [-0.2, -0.15) is 13.2 Å². The minimum atomic E-state index is -2.52. The summed E-state index contributed by atoms with van der Waals surface area (Å²) in [6.07, 6.45) is 0.918. The van der Waals surface area contributed by atoms with E-state index in [1.807, 2.05) is 0 Å². The average molecular weight is 321 g/mol. The maximum absolute atomic E-state index is 12.6. The minimum Gasteiger partial charge on any atom is -0.428 e. The number of halogens is 3. The third-order valence-electron chi connectivity index (χ3n) is 2.81. The second-order valence-corrected chi connectivity index (χ2v) is 4.39. The number of rotatable bonds is 5. The maximum Gasteiger partial charge on any atom is 0.344 e. The van der Waals surface area contributed by atoms with Crippen molar-refractivity contribution >= 4 is 17.8 Å². The molecule has 2 rings (SSSR count). The highest BCUT2D eigenvalue weighted by atomic mass is 19.3. The molecule has 23 heavy (non-hydrogen) atoms. The van der Waals surface area contributed by atoms with Gasteiger partial charge < -0.3 is 4.74 Å². The van der Waals surface area contributed by atoms with E-state index in [9.17, 15) is 23.3 Å². The molecular weight excluding hydrogens is 311 g/mol. The Kier molecular flexibility index (Phi) is 5.14. The third kappa shape index (κ3) is 4.70. The molecule has 0 aliphatic heterocycles. The molecule has 0 fully saturated rings. The van der Waals surface area contributed by atoms with Crippen molar-refractivity contribution in [2.75, 3.05) is 0 Å². The Hall–Kier alpha value is -3.09. The molecule has 4 nitrogen and oxygen atoms in total. The van der Waals surface area contributed by atoms with Crippen LogP contribution in [-0.4, -0.2) is 4.92 Å². The van der Waals surface area contributed by atoms with Crippen molar-refractivity contribution in [2.45, 2.75) is 0 Å². The second-order valence-electron chi connectivity index (χ2n) is 4.39. The Balaban J connectivity index is 2.05. The molecule has 7 heteroatoms. The molecule has 0 atom stereocenters. The number of nitro benzene ring substituents is 1. The number of nitrogens with zero attached hydrogens (tertiary/aromatic N) is 1. The first-order valence-corrected chi connectivity index (χ1v) is 6.37. The lowest BCUT2D eigenvalue weighted by molar-refractivity contribution is -0.384. The van der Waals surface area contributed by atoms with E-state index in [-0.39, 0.29) is 11.4 Å². The first-order chi connectivity index (χ1) is 11.0. The molecule has 0 radical (unpaired) electrons. The molecule has 0 saturated carbocycles.